The van der Waals surface area contributed by atoms with E-state index in [1.54, 1.807) is 0 Å². The van der Waals surface area contributed by atoms with Gasteiger partial charge in [0.1, 0.15) is 5.58 Å². The average molecular weight is 282 g/mol. The van der Waals surface area contributed by atoms with Crippen molar-refractivity contribution < 1.29 is 14.3 Å². The molecule has 2 aromatic rings. The first-order valence-electron chi connectivity index (χ1n) is 6.38. The van der Waals surface area contributed by atoms with Gasteiger partial charge >= 0.3 is 0 Å². The van der Waals surface area contributed by atoms with Gasteiger partial charge in [0.25, 0.3) is 0 Å². The molecule has 1 fully saturated rings. The molecule has 5 heteroatoms. The lowest BCUT2D eigenvalue weighted by atomic mass is 10.1. The third-order valence-corrected chi connectivity index (χ3v) is 3.88. The number of hydrogen-bond acceptors (Lipinski definition) is 4. The van der Waals surface area contributed by atoms with Gasteiger partial charge in [0.05, 0.1) is 25.9 Å². The third kappa shape index (κ3) is 2.49. The number of nitrogens with zero attached hydrogens (tertiary/aromatic N) is 1. The Morgan fingerprint density at radius 1 is 1.37 bits per heavy atom. The third-order valence-electron chi connectivity index (χ3n) is 3.57. The topological polar surface area (TPSA) is 45.8 Å². The van der Waals surface area contributed by atoms with Gasteiger partial charge in [-0.15, -0.1) is 0 Å². The molecule has 1 aromatic carbocycles. The van der Waals surface area contributed by atoms with Crippen molar-refractivity contribution in [3.05, 3.63) is 35.0 Å². The highest BCUT2D eigenvalue weighted by atomic mass is 35.5. The van der Waals surface area contributed by atoms with E-state index < -0.39 is 0 Å². The summed E-state index contributed by atoms with van der Waals surface area (Å²) in [6, 6.07) is 7.85. The van der Waals surface area contributed by atoms with Gasteiger partial charge < -0.3 is 14.3 Å². The molecule has 0 spiro atoms. The fourth-order valence-corrected chi connectivity index (χ4v) is 2.73. The minimum absolute atomic E-state index is 0.0264. The summed E-state index contributed by atoms with van der Waals surface area (Å²) in [6.45, 7) is 2.80. The van der Waals surface area contributed by atoms with Gasteiger partial charge in [-0.3, -0.25) is 4.90 Å². The summed E-state index contributed by atoms with van der Waals surface area (Å²) in [5, 5.41) is 10.9. The Kier molecular flexibility index (Phi) is 3.75. The fourth-order valence-electron chi connectivity index (χ4n) is 2.48. The molecule has 1 N–H and O–H groups in total. The average Bonchev–Trinajstić information content (AvgIpc) is 2.76. The molecule has 0 aliphatic carbocycles. The molecule has 1 aromatic heterocycles. The number of benzene rings is 1. The van der Waals surface area contributed by atoms with Gasteiger partial charge in [-0.2, -0.15) is 0 Å². The van der Waals surface area contributed by atoms with Crippen LogP contribution in [0.1, 0.15) is 5.56 Å². The molecular formula is C14H16ClNO3. The summed E-state index contributed by atoms with van der Waals surface area (Å²) < 4.78 is 10.9. The van der Waals surface area contributed by atoms with Gasteiger partial charge in [0, 0.05) is 24.0 Å². The van der Waals surface area contributed by atoms with Crippen molar-refractivity contribution in [2.45, 2.75) is 12.6 Å². The Morgan fingerprint density at radius 3 is 3.05 bits per heavy atom. The maximum absolute atomic E-state index is 9.39. The molecule has 1 unspecified atom stereocenters. The van der Waals surface area contributed by atoms with Gasteiger partial charge in [0.2, 0.25) is 0 Å². The number of fused-ring (bicyclic) bond motifs is 1. The van der Waals surface area contributed by atoms with Crippen LogP contribution in [-0.4, -0.2) is 42.4 Å². The predicted octanol–water partition coefficient (Wildman–Crippen LogP) is 2.28. The monoisotopic (exact) mass is 281 g/mol. The lowest BCUT2D eigenvalue weighted by molar-refractivity contribution is -0.0311. The minimum atomic E-state index is 0.0264. The molecule has 1 aliphatic rings. The van der Waals surface area contributed by atoms with E-state index in [2.05, 4.69) is 4.90 Å². The van der Waals surface area contributed by atoms with E-state index >= 15 is 0 Å². The Labute approximate surface area is 116 Å². The molecule has 3 rings (SSSR count). The summed E-state index contributed by atoms with van der Waals surface area (Å²) in [4.78, 5) is 2.19. The van der Waals surface area contributed by atoms with Crippen molar-refractivity contribution in [3.63, 3.8) is 0 Å². The van der Waals surface area contributed by atoms with Crippen LogP contribution >= 0.6 is 11.6 Å². The molecule has 1 atom stereocenters. The Balaban J connectivity index is 1.90. The first-order valence-corrected chi connectivity index (χ1v) is 6.76. The van der Waals surface area contributed by atoms with Crippen LogP contribution in [0.2, 0.25) is 5.22 Å². The van der Waals surface area contributed by atoms with Crippen LogP contribution in [0.25, 0.3) is 11.0 Å². The molecule has 0 radical (unpaired) electrons. The van der Waals surface area contributed by atoms with E-state index in [1.807, 2.05) is 24.3 Å². The number of ether oxygens (including phenoxy) is 1. The number of halogens is 1. The van der Waals surface area contributed by atoms with Crippen LogP contribution in [0, 0.1) is 0 Å². The van der Waals surface area contributed by atoms with E-state index in [9.17, 15) is 5.11 Å². The maximum Gasteiger partial charge on any atom is 0.199 e. The van der Waals surface area contributed by atoms with Crippen molar-refractivity contribution in [3.8, 4) is 0 Å². The van der Waals surface area contributed by atoms with Gasteiger partial charge in [-0.1, -0.05) is 18.2 Å². The number of morpholine rings is 1. The second kappa shape index (κ2) is 5.51. The highest BCUT2D eigenvalue weighted by molar-refractivity contribution is 6.30. The van der Waals surface area contributed by atoms with Gasteiger partial charge in [-0.05, 0) is 17.7 Å². The van der Waals surface area contributed by atoms with E-state index in [4.69, 9.17) is 20.8 Å². The number of furan rings is 1. The zero-order chi connectivity index (χ0) is 13.2. The first kappa shape index (κ1) is 12.9. The molecule has 0 bridgehead atoms. The highest BCUT2D eigenvalue weighted by Gasteiger charge is 2.24. The van der Waals surface area contributed by atoms with Crippen LogP contribution in [0.5, 0.6) is 0 Å². The van der Waals surface area contributed by atoms with Crippen molar-refractivity contribution in [2.75, 3.05) is 26.4 Å². The molecule has 2 heterocycles. The maximum atomic E-state index is 9.39. The van der Waals surface area contributed by atoms with Crippen molar-refractivity contribution >= 4 is 22.6 Å². The Morgan fingerprint density at radius 2 is 2.21 bits per heavy atom. The van der Waals surface area contributed by atoms with Crippen molar-refractivity contribution in [1.29, 1.82) is 0 Å². The summed E-state index contributed by atoms with van der Waals surface area (Å²) in [7, 11) is 0. The lowest BCUT2D eigenvalue weighted by Gasteiger charge is -2.34. The van der Waals surface area contributed by atoms with Crippen molar-refractivity contribution in [1.82, 2.24) is 4.90 Å². The molecule has 0 amide bonds. The number of hydrogen-bond donors (Lipinski definition) is 1. The van der Waals surface area contributed by atoms with E-state index in [1.165, 1.54) is 0 Å². The Hall–Kier alpha value is -1.07. The summed E-state index contributed by atoms with van der Waals surface area (Å²) in [5.74, 6) is 0. The molecule has 4 nitrogen and oxygen atoms in total. The highest BCUT2D eigenvalue weighted by Crippen LogP contribution is 2.31. The van der Waals surface area contributed by atoms with Crippen LogP contribution < -0.4 is 0 Å². The van der Waals surface area contributed by atoms with Gasteiger partial charge in [0.15, 0.2) is 5.22 Å². The number of para-hydroxylation sites is 1. The lowest BCUT2D eigenvalue weighted by Crippen LogP contribution is -2.46. The van der Waals surface area contributed by atoms with Crippen LogP contribution in [0.4, 0.5) is 0 Å². The predicted molar refractivity (Wildman–Crippen MR) is 73.3 cm³/mol. The molecule has 1 saturated heterocycles. The standard InChI is InChI=1S/C14H16ClNO3/c15-14-12(11-3-1-2-4-13(11)19-14)7-16-5-6-18-9-10(16)8-17/h1-4,10,17H,5-9H2. The molecule has 0 saturated carbocycles. The van der Waals surface area contributed by atoms with E-state index in [0.717, 1.165) is 23.1 Å². The molecule has 102 valence electrons. The smallest absolute Gasteiger partial charge is 0.199 e. The minimum Gasteiger partial charge on any atom is -0.444 e. The molecule has 1 aliphatic heterocycles. The zero-order valence-electron chi connectivity index (χ0n) is 10.5. The first-order chi connectivity index (χ1) is 9.29. The summed E-state index contributed by atoms with van der Waals surface area (Å²) in [6.07, 6.45) is 0. The zero-order valence-corrected chi connectivity index (χ0v) is 11.3. The quantitative estimate of drug-likeness (QED) is 0.938. The van der Waals surface area contributed by atoms with Gasteiger partial charge in [-0.25, -0.2) is 0 Å². The number of aliphatic hydroxyl groups excluding tert-OH is 1. The SMILES string of the molecule is OCC1COCCN1Cc1c(Cl)oc2ccccc12. The second-order valence-corrected chi connectivity index (χ2v) is 5.08. The van der Waals surface area contributed by atoms with E-state index in [0.29, 0.717) is 25.0 Å². The van der Waals surface area contributed by atoms with Crippen LogP contribution in [0.15, 0.2) is 28.7 Å². The number of aliphatic hydroxyl groups is 1. The van der Waals surface area contributed by atoms with Crippen LogP contribution in [0.3, 0.4) is 0 Å². The Bertz CT molecular complexity index is 569. The molecule has 19 heavy (non-hydrogen) atoms. The fraction of sp³-hybridized carbons (Fsp3) is 0.429. The van der Waals surface area contributed by atoms with E-state index in [-0.39, 0.29) is 12.6 Å². The molecular weight excluding hydrogens is 266 g/mol. The summed E-state index contributed by atoms with van der Waals surface area (Å²) >= 11 is 6.19. The normalized spacial score (nSPS) is 21.1. The van der Waals surface area contributed by atoms with Crippen molar-refractivity contribution in [2.24, 2.45) is 0 Å². The second-order valence-electron chi connectivity index (χ2n) is 4.73. The number of rotatable bonds is 3. The van der Waals surface area contributed by atoms with Crippen LogP contribution in [-0.2, 0) is 11.3 Å². The summed E-state index contributed by atoms with van der Waals surface area (Å²) in [5.41, 5.74) is 1.79. The largest absolute Gasteiger partial charge is 0.444 e.